The maximum absolute atomic E-state index is 12.2. The first-order chi connectivity index (χ1) is 12.4. The molecule has 2 aromatic carbocycles. The third-order valence-corrected chi connectivity index (χ3v) is 3.92. The number of rotatable bonds is 6. The van der Waals surface area contributed by atoms with E-state index in [4.69, 9.17) is 0 Å². The fourth-order valence-corrected chi connectivity index (χ4v) is 2.47. The van der Waals surface area contributed by atoms with E-state index in [0.29, 0.717) is 23.2 Å². The Labute approximate surface area is 153 Å². The Morgan fingerprint density at radius 2 is 1.62 bits per heavy atom. The van der Waals surface area contributed by atoms with E-state index in [2.05, 4.69) is 10.6 Å². The van der Waals surface area contributed by atoms with Crippen LogP contribution in [0.1, 0.15) is 32.7 Å². The number of nitrogens with zero attached hydrogens (tertiary/aromatic N) is 1. The minimum Gasteiger partial charge on any atom is -0.355 e. The van der Waals surface area contributed by atoms with Crippen LogP contribution >= 0.6 is 0 Å². The summed E-state index contributed by atoms with van der Waals surface area (Å²) < 4.78 is 0. The smallest absolute Gasteiger partial charge is 0.253 e. The minimum absolute atomic E-state index is 0.0555. The van der Waals surface area contributed by atoms with Crippen LogP contribution in [-0.4, -0.2) is 43.8 Å². The van der Waals surface area contributed by atoms with Crippen molar-refractivity contribution in [1.82, 2.24) is 10.2 Å². The molecule has 0 saturated carbocycles. The molecule has 0 aromatic heterocycles. The molecule has 0 spiro atoms. The standard InChI is InChI=1S/C20H23N3O3/c1-21-19(25)16-6-4-5-7-17(16)22-18(24)13-10-14-8-11-15(12-9-14)20(26)23(2)3/h4-9,11-12H,10,13H2,1-3H3,(H,21,25)(H,22,24). The monoisotopic (exact) mass is 353 g/mol. The molecule has 0 aliphatic heterocycles. The summed E-state index contributed by atoms with van der Waals surface area (Å²) in [6, 6.07) is 14.1. The van der Waals surface area contributed by atoms with Crippen molar-refractivity contribution in [2.75, 3.05) is 26.5 Å². The molecular formula is C20H23N3O3. The molecule has 0 aliphatic rings. The number of aryl methyl sites for hydroxylation is 1. The molecule has 0 radical (unpaired) electrons. The number of para-hydroxylation sites is 1. The van der Waals surface area contributed by atoms with Crippen LogP contribution in [0.15, 0.2) is 48.5 Å². The summed E-state index contributed by atoms with van der Waals surface area (Å²) in [4.78, 5) is 37.4. The van der Waals surface area contributed by atoms with E-state index in [-0.39, 0.29) is 24.1 Å². The Morgan fingerprint density at radius 3 is 2.23 bits per heavy atom. The highest BCUT2D eigenvalue weighted by molar-refractivity contribution is 6.03. The van der Waals surface area contributed by atoms with E-state index in [1.807, 2.05) is 12.1 Å². The Kier molecular flexibility index (Phi) is 6.49. The summed E-state index contributed by atoms with van der Waals surface area (Å²) in [6.07, 6.45) is 0.827. The lowest BCUT2D eigenvalue weighted by Crippen LogP contribution is -2.22. The maximum atomic E-state index is 12.2. The van der Waals surface area contributed by atoms with Crippen LogP contribution in [0.3, 0.4) is 0 Å². The highest BCUT2D eigenvalue weighted by Crippen LogP contribution is 2.16. The molecule has 6 heteroatoms. The molecule has 0 heterocycles. The van der Waals surface area contributed by atoms with E-state index in [1.165, 1.54) is 4.90 Å². The predicted molar refractivity (Wildman–Crippen MR) is 101 cm³/mol. The fraction of sp³-hybridized carbons (Fsp3) is 0.250. The molecule has 2 N–H and O–H groups in total. The summed E-state index contributed by atoms with van der Waals surface area (Å²) in [5.74, 6) is -0.475. The molecular weight excluding hydrogens is 330 g/mol. The van der Waals surface area contributed by atoms with Gasteiger partial charge >= 0.3 is 0 Å². The summed E-state index contributed by atoms with van der Waals surface area (Å²) in [6.45, 7) is 0. The Morgan fingerprint density at radius 1 is 0.962 bits per heavy atom. The van der Waals surface area contributed by atoms with Gasteiger partial charge in [-0.3, -0.25) is 14.4 Å². The molecule has 2 rings (SSSR count). The van der Waals surface area contributed by atoms with Gasteiger partial charge in [0.2, 0.25) is 5.91 Å². The second-order valence-electron chi connectivity index (χ2n) is 6.07. The molecule has 136 valence electrons. The van der Waals surface area contributed by atoms with Crippen LogP contribution in [0.25, 0.3) is 0 Å². The van der Waals surface area contributed by atoms with Crippen LogP contribution in [0, 0.1) is 0 Å². The van der Waals surface area contributed by atoms with Gasteiger partial charge in [0.05, 0.1) is 11.3 Å². The number of benzene rings is 2. The van der Waals surface area contributed by atoms with Gasteiger partial charge in [-0.05, 0) is 36.2 Å². The summed E-state index contributed by atoms with van der Waals surface area (Å²) in [5, 5.41) is 5.33. The molecule has 2 aromatic rings. The van der Waals surface area contributed by atoms with Crippen LogP contribution in [0.4, 0.5) is 5.69 Å². The molecule has 0 aliphatic carbocycles. The zero-order chi connectivity index (χ0) is 19.1. The number of carbonyl (C=O) groups is 3. The zero-order valence-electron chi connectivity index (χ0n) is 15.2. The van der Waals surface area contributed by atoms with E-state index in [0.717, 1.165) is 5.56 Å². The Balaban J connectivity index is 1.95. The molecule has 0 fully saturated rings. The Hall–Kier alpha value is -3.15. The van der Waals surface area contributed by atoms with Crippen molar-refractivity contribution in [2.45, 2.75) is 12.8 Å². The first-order valence-corrected chi connectivity index (χ1v) is 8.34. The first-order valence-electron chi connectivity index (χ1n) is 8.34. The zero-order valence-corrected chi connectivity index (χ0v) is 15.2. The van der Waals surface area contributed by atoms with Crippen LogP contribution < -0.4 is 10.6 Å². The van der Waals surface area contributed by atoms with E-state index in [1.54, 1.807) is 57.5 Å². The number of anilines is 1. The van der Waals surface area contributed by atoms with Crippen molar-refractivity contribution < 1.29 is 14.4 Å². The topological polar surface area (TPSA) is 78.5 Å². The third-order valence-electron chi connectivity index (χ3n) is 3.92. The van der Waals surface area contributed by atoms with Crippen molar-refractivity contribution >= 4 is 23.4 Å². The Bertz CT molecular complexity index is 798. The second-order valence-corrected chi connectivity index (χ2v) is 6.07. The van der Waals surface area contributed by atoms with Crippen molar-refractivity contribution in [3.8, 4) is 0 Å². The first kappa shape index (κ1) is 19.2. The van der Waals surface area contributed by atoms with E-state index < -0.39 is 0 Å². The van der Waals surface area contributed by atoms with E-state index >= 15 is 0 Å². The van der Waals surface area contributed by atoms with Crippen LogP contribution in [0.5, 0.6) is 0 Å². The van der Waals surface area contributed by atoms with E-state index in [9.17, 15) is 14.4 Å². The lowest BCUT2D eigenvalue weighted by Gasteiger charge is -2.11. The maximum Gasteiger partial charge on any atom is 0.253 e. The minimum atomic E-state index is -0.248. The number of carbonyl (C=O) groups excluding carboxylic acids is 3. The van der Waals surface area contributed by atoms with Gasteiger partial charge in [0, 0.05) is 33.1 Å². The second kappa shape index (κ2) is 8.80. The van der Waals surface area contributed by atoms with Crippen LogP contribution in [-0.2, 0) is 11.2 Å². The predicted octanol–water partition coefficient (Wildman–Crippen LogP) is 2.32. The van der Waals surface area contributed by atoms with Gasteiger partial charge in [-0.1, -0.05) is 24.3 Å². The summed E-state index contributed by atoms with van der Waals surface area (Å²) in [7, 11) is 4.96. The molecule has 26 heavy (non-hydrogen) atoms. The molecule has 3 amide bonds. The highest BCUT2D eigenvalue weighted by Gasteiger charge is 2.12. The van der Waals surface area contributed by atoms with Crippen molar-refractivity contribution in [3.63, 3.8) is 0 Å². The lowest BCUT2D eigenvalue weighted by atomic mass is 10.1. The molecule has 0 atom stereocenters. The molecule has 6 nitrogen and oxygen atoms in total. The van der Waals surface area contributed by atoms with Gasteiger partial charge in [-0.25, -0.2) is 0 Å². The average Bonchev–Trinajstić information content (AvgIpc) is 2.66. The van der Waals surface area contributed by atoms with Gasteiger partial charge < -0.3 is 15.5 Å². The number of nitrogens with one attached hydrogen (secondary N) is 2. The van der Waals surface area contributed by atoms with Gasteiger partial charge in [0.1, 0.15) is 0 Å². The largest absolute Gasteiger partial charge is 0.355 e. The summed E-state index contributed by atoms with van der Waals surface area (Å²) in [5.41, 5.74) is 2.50. The van der Waals surface area contributed by atoms with Crippen molar-refractivity contribution in [3.05, 3.63) is 65.2 Å². The van der Waals surface area contributed by atoms with Gasteiger partial charge in [-0.2, -0.15) is 0 Å². The van der Waals surface area contributed by atoms with Gasteiger partial charge in [0.15, 0.2) is 0 Å². The fourth-order valence-electron chi connectivity index (χ4n) is 2.47. The number of hydrogen-bond donors (Lipinski definition) is 2. The average molecular weight is 353 g/mol. The lowest BCUT2D eigenvalue weighted by molar-refractivity contribution is -0.116. The number of hydrogen-bond acceptors (Lipinski definition) is 3. The molecule has 0 saturated heterocycles. The number of amides is 3. The van der Waals surface area contributed by atoms with Crippen molar-refractivity contribution in [2.24, 2.45) is 0 Å². The molecule has 0 unspecified atom stereocenters. The van der Waals surface area contributed by atoms with Crippen molar-refractivity contribution in [1.29, 1.82) is 0 Å². The van der Waals surface area contributed by atoms with Gasteiger partial charge in [0.25, 0.3) is 11.8 Å². The normalized spacial score (nSPS) is 10.1. The quantitative estimate of drug-likeness (QED) is 0.836. The third kappa shape index (κ3) is 4.92. The van der Waals surface area contributed by atoms with Gasteiger partial charge in [-0.15, -0.1) is 0 Å². The highest BCUT2D eigenvalue weighted by atomic mass is 16.2. The molecule has 0 bridgehead atoms. The summed E-state index contributed by atoms with van der Waals surface area (Å²) >= 11 is 0. The van der Waals surface area contributed by atoms with Crippen LogP contribution in [0.2, 0.25) is 0 Å². The SMILES string of the molecule is CNC(=O)c1ccccc1NC(=O)CCc1ccc(C(=O)N(C)C)cc1.